The molecule has 2 nitrogen and oxygen atoms in total. The Morgan fingerprint density at radius 2 is 1.78 bits per heavy atom. The van der Waals surface area contributed by atoms with E-state index in [2.05, 4.69) is 15.9 Å². The zero-order valence-electron chi connectivity index (χ0n) is 9.29. The van der Waals surface area contributed by atoms with Crippen LogP contribution in [0.5, 0.6) is 5.75 Å². The molecule has 0 aliphatic carbocycles. The summed E-state index contributed by atoms with van der Waals surface area (Å²) < 4.78 is 32.0. The van der Waals surface area contributed by atoms with E-state index in [1.165, 1.54) is 12.1 Å². The second-order valence-electron chi connectivity index (χ2n) is 3.73. The predicted molar refractivity (Wildman–Crippen MR) is 69.2 cm³/mol. The minimum atomic E-state index is -0.625. The molecule has 2 rings (SSSR count). The Hall–Kier alpha value is -1.62. The smallest absolute Gasteiger partial charge is 0.136 e. The maximum absolute atomic E-state index is 13.0. The van der Waals surface area contributed by atoms with Crippen LogP contribution in [0.4, 0.5) is 14.5 Å². The predicted octanol–water partition coefficient (Wildman–Crippen LogP) is 3.89. The molecule has 2 aromatic carbocycles. The van der Waals surface area contributed by atoms with Crippen LogP contribution in [0.3, 0.4) is 0 Å². The summed E-state index contributed by atoms with van der Waals surface area (Å²) in [6.45, 7) is 0.0662. The van der Waals surface area contributed by atoms with Crippen molar-refractivity contribution < 1.29 is 13.5 Å². The molecule has 0 bridgehead atoms. The van der Waals surface area contributed by atoms with E-state index in [0.717, 1.165) is 6.07 Å². The van der Waals surface area contributed by atoms with Gasteiger partial charge in [0.05, 0.1) is 4.47 Å². The minimum absolute atomic E-state index is 0.0662. The first-order chi connectivity index (χ1) is 8.56. The van der Waals surface area contributed by atoms with Gasteiger partial charge in [0.1, 0.15) is 24.0 Å². The van der Waals surface area contributed by atoms with Gasteiger partial charge in [0.25, 0.3) is 0 Å². The lowest BCUT2D eigenvalue weighted by atomic mass is 10.2. The average Bonchev–Trinajstić information content (AvgIpc) is 2.30. The van der Waals surface area contributed by atoms with E-state index in [1.54, 1.807) is 18.2 Å². The lowest BCUT2D eigenvalue weighted by molar-refractivity contribution is 0.303. The quantitative estimate of drug-likeness (QED) is 0.873. The van der Waals surface area contributed by atoms with Gasteiger partial charge in [0, 0.05) is 11.8 Å². The first kappa shape index (κ1) is 12.8. The Morgan fingerprint density at radius 1 is 1.11 bits per heavy atom. The molecule has 0 fully saturated rings. The van der Waals surface area contributed by atoms with Gasteiger partial charge < -0.3 is 10.5 Å². The van der Waals surface area contributed by atoms with Crippen molar-refractivity contribution in [2.75, 3.05) is 5.73 Å². The molecule has 0 heterocycles. The zero-order chi connectivity index (χ0) is 13.1. The van der Waals surface area contributed by atoms with Crippen molar-refractivity contribution in [2.24, 2.45) is 0 Å². The lowest BCUT2D eigenvalue weighted by Gasteiger charge is -2.09. The molecule has 0 aromatic heterocycles. The molecule has 0 saturated heterocycles. The Balaban J connectivity index is 2.14. The van der Waals surface area contributed by atoms with E-state index < -0.39 is 11.6 Å². The molecule has 18 heavy (non-hydrogen) atoms. The highest BCUT2D eigenvalue weighted by molar-refractivity contribution is 9.10. The fourth-order valence-corrected chi connectivity index (χ4v) is 1.87. The number of benzene rings is 2. The summed E-state index contributed by atoms with van der Waals surface area (Å²) in [5.41, 5.74) is 6.65. The summed E-state index contributed by atoms with van der Waals surface area (Å²) >= 11 is 3.28. The number of halogens is 3. The van der Waals surface area contributed by atoms with Crippen molar-refractivity contribution in [2.45, 2.75) is 6.61 Å². The molecule has 0 radical (unpaired) electrons. The molecule has 0 aliphatic rings. The van der Waals surface area contributed by atoms with Crippen LogP contribution in [0.2, 0.25) is 0 Å². The summed E-state index contributed by atoms with van der Waals surface area (Å²) in [7, 11) is 0. The Labute approximate surface area is 112 Å². The standard InChI is InChI=1S/C13H10BrF2NO/c14-13-11(17)2-1-3-12(13)18-7-8-4-9(15)6-10(16)5-8/h1-6H,7,17H2. The van der Waals surface area contributed by atoms with Crippen molar-refractivity contribution in [1.82, 2.24) is 0 Å². The van der Waals surface area contributed by atoms with E-state index >= 15 is 0 Å². The van der Waals surface area contributed by atoms with Crippen molar-refractivity contribution in [3.8, 4) is 5.75 Å². The van der Waals surface area contributed by atoms with Crippen molar-refractivity contribution in [3.05, 3.63) is 58.1 Å². The summed E-state index contributed by atoms with van der Waals surface area (Å²) in [5.74, 6) is -0.722. The summed E-state index contributed by atoms with van der Waals surface area (Å²) in [6.07, 6.45) is 0. The Morgan fingerprint density at radius 3 is 2.44 bits per heavy atom. The highest BCUT2D eigenvalue weighted by Gasteiger charge is 2.06. The second-order valence-corrected chi connectivity index (χ2v) is 4.52. The first-order valence-corrected chi connectivity index (χ1v) is 5.97. The minimum Gasteiger partial charge on any atom is -0.488 e. The van der Waals surface area contributed by atoms with Crippen LogP contribution < -0.4 is 10.5 Å². The van der Waals surface area contributed by atoms with Gasteiger partial charge >= 0.3 is 0 Å². The van der Waals surface area contributed by atoms with Crippen LogP contribution in [0, 0.1) is 11.6 Å². The topological polar surface area (TPSA) is 35.2 Å². The Kier molecular flexibility index (Phi) is 3.81. The van der Waals surface area contributed by atoms with E-state index in [4.69, 9.17) is 10.5 Å². The van der Waals surface area contributed by atoms with Crippen molar-refractivity contribution in [3.63, 3.8) is 0 Å². The highest BCUT2D eigenvalue weighted by Crippen LogP contribution is 2.30. The van der Waals surface area contributed by atoms with Gasteiger partial charge in [-0.1, -0.05) is 6.07 Å². The molecule has 5 heteroatoms. The normalized spacial score (nSPS) is 10.4. The highest BCUT2D eigenvalue weighted by atomic mass is 79.9. The average molecular weight is 314 g/mol. The maximum atomic E-state index is 13.0. The third kappa shape index (κ3) is 2.98. The summed E-state index contributed by atoms with van der Waals surface area (Å²) in [5, 5.41) is 0. The number of ether oxygens (including phenoxy) is 1. The van der Waals surface area contributed by atoms with Crippen LogP contribution in [-0.4, -0.2) is 0 Å². The fourth-order valence-electron chi connectivity index (χ4n) is 1.49. The molecule has 94 valence electrons. The van der Waals surface area contributed by atoms with E-state index in [0.29, 0.717) is 21.5 Å². The van der Waals surface area contributed by atoms with E-state index in [1.807, 2.05) is 0 Å². The second kappa shape index (κ2) is 5.35. The number of nitrogen functional groups attached to an aromatic ring is 1. The van der Waals surface area contributed by atoms with Crippen LogP contribution in [0.15, 0.2) is 40.9 Å². The maximum Gasteiger partial charge on any atom is 0.136 e. The first-order valence-electron chi connectivity index (χ1n) is 5.18. The third-order valence-electron chi connectivity index (χ3n) is 2.31. The van der Waals surface area contributed by atoms with E-state index in [9.17, 15) is 8.78 Å². The SMILES string of the molecule is Nc1cccc(OCc2cc(F)cc(F)c2)c1Br. The number of rotatable bonds is 3. The number of anilines is 1. The van der Waals surface area contributed by atoms with Gasteiger partial charge in [-0.3, -0.25) is 0 Å². The molecule has 2 aromatic rings. The molecule has 0 amide bonds. The van der Waals surface area contributed by atoms with Gasteiger partial charge in [-0.15, -0.1) is 0 Å². The molecule has 0 unspecified atom stereocenters. The molecular weight excluding hydrogens is 304 g/mol. The Bertz CT molecular complexity index is 555. The van der Waals surface area contributed by atoms with Crippen LogP contribution in [0.1, 0.15) is 5.56 Å². The van der Waals surface area contributed by atoms with Gasteiger partial charge in [-0.05, 0) is 45.8 Å². The summed E-state index contributed by atoms with van der Waals surface area (Å²) in [4.78, 5) is 0. The summed E-state index contributed by atoms with van der Waals surface area (Å²) in [6, 6.07) is 8.45. The fraction of sp³-hybridized carbons (Fsp3) is 0.0769. The molecular formula is C13H10BrF2NO. The monoisotopic (exact) mass is 313 g/mol. The molecule has 0 atom stereocenters. The lowest BCUT2D eigenvalue weighted by Crippen LogP contribution is -1.99. The zero-order valence-corrected chi connectivity index (χ0v) is 10.9. The van der Waals surface area contributed by atoms with E-state index in [-0.39, 0.29) is 6.61 Å². The number of hydrogen-bond acceptors (Lipinski definition) is 2. The van der Waals surface area contributed by atoms with Gasteiger partial charge in [0.2, 0.25) is 0 Å². The van der Waals surface area contributed by atoms with Crippen LogP contribution >= 0.6 is 15.9 Å². The molecule has 0 aliphatic heterocycles. The van der Waals surface area contributed by atoms with Crippen molar-refractivity contribution >= 4 is 21.6 Å². The van der Waals surface area contributed by atoms with Crippen molar-refractivity contribution in [1.29, 1.82) is 0 Å². The largest absolute Gasteiger partial charge is 0.488 e. The third-order valence-corrected chi connectivity index (χ3v) is 3.16. The van der Waals surface area contributed by atoms with Crippen LogP contribution in [-0.2, 0) is 6.61 Å². The van der Waals surface area contributed by atoms with Gasteiger partial charge in [-0.25, -0.2) is 8.78 Å². The molecule has 0 saturated carbocycles. The van der Waals surface area contributed by atoms with Gasteiger partial charge in [0.15, 0.2) is 0 Å². The number of nitrogens with two attached hydrogens (primary N) is 1. The van der Waals surface area contributed by atoms with Gasteiger partial charge in [-0.2, -0.15) is 0 Å². The molecule has 2 N–H and O–H groups in total. The number of hydrogen-bond donors (Lipinski definition) is 1. The molecule has 0 spiro atoms. The van der Waals surface area contributed by atoms with Crippen LogP contribution in [0.25, 0.3) is 0 Å².